The van der Waals surface area contributed by atoms with Crippen molar-refractivity contribution in [3.63, 3.8) is 0 Å². The summed E-state index contributed by atoms with van der Waals surface area (Å²) in [6, 6.07) is 16.5. The Morgan fingerprint density at radius 3 is 2.13 bits per heavy atom. The topological polar surface area (TPSA) is 155 Å². The van der Waals surface area contributed by atoms with Crippen LogP contribution in [0.5, 0.6) is 11.5 Å². The average molecular weight is 530 g/mol. The van der Waals surface area contributed by atoms with Crippen molar-refractivity contribution in [1.29, 1.82) is 0 Å². The Morgan fingerprint density at radius 2 is 1.54 bits per heavy atom. The van der Waals surface area contributed by atoms with Gasteiger partial charge in [-0.3, -0.25) is 9.59 Å². The zero-order valence-electron chi connectivity index (χ0n) is 20.9. The summed E-state index contributed by atoms with van der Waals surface area (Å²) >= 11 is 0. The van der Waals surface area contributed by atoms with Gasteiger partial charge in [-0.2, -0.15) is 10.1 Å². The minimum atomic E-state index is -1.07. The maximum absolute atomic E-state index is 13.0. The molecule has 0 saturated heterocycles. The van der Waals surface area contributed by atoms with Crippen molar-refractivity contribution in [2.45, 2.75) is 6.92 Å². The molecule has 2 amide bonds. The third-order valence-corrected chi connectivity index (χ3v) is 5.69. The lowest BCUT2D eigenvalue weighted by Gasteiger charge is -2.13. The van der Waals surface area contributed by atoms with E-state index < -0.39 is 17.8 Å². The van der Waals surface area contributed by atoms with E-state index in [1.807, 2.05) is 0 Å². The van der Waals surface area contributed by atoms with E-state index in [2.05, 4.69) is 10.4 Å². The molecule has 0 saturated carbocycles. The van der Waals surface area contributed by atoms with Gasteiger partial charge in [0.25, 0.3) is 11.8 Å². The van der Waals surface area contributed by atoms with E-state index in [4.69, 9.17) is 19.7 Å². The van der Waals surface area contributed by atoms with Gasteiger partial charge in [0.15, 0.2) is 18.1 Å². The SMILES string of the molecule is COc1cc(C=C2C(=O)N(c3ccc(C(=O)O)cc3)N=C2C)ccc1OCC(=O)Nc1ccc(C(=O)O)cc1. The molecule has 1 aliphatic heterocycles. The largest absolute Gasteiger partial charge is 0.493 e. The molecule has 0 bridgehead atoms. The Labute approximate surface area is 222 Å². The zero-order valence-corrected chi connectivity index (χ0v) is 20.9. The Hall–Kier alpha value is -5.45. The number of hydrazone groups is 1. The Kier molecular flexibility index (Phi) is 7.71. The highest BCUT2D eigenvalue weighted by atomic mass is 16.5. The monoisotopic (exact) mass is 529 g/mol. The van der Waals surface area contributed by atoms with Gasteiger partial charge in [-0.05, 0) is 79.2 Å². The van der Waals surface area contributed by atoms with Gasteiger partial charge in [0.1, 0.15) is 0 Å². The second-order valence-corrected chi connectivity index (χ2v) is 8.34. The summed E-state index contributed by atoms with van der Waals surface area (Å²) in [7, 11) is 1.44. The van der Waals surface area contributed by atoms with Crippen molar-refractivity contribution in [2.75, 3.05) is 24.0 Å². The molecule has 11 nitrogen and oxygen atoms in total. The number of aromatic carboxylic acids is 2. The molecule has 0 aliphatic carbocycles. The van der Waals surface area contributed by atoms with Crippen LogP contribution in [-0.2, 0) is 9.59 Å². The number of carbonyl (C=O) groups excluding carboxylic acids is 2. The third kappa shape index (κ3) is 6.10. The highest BCUT2D eigenvalue weighted by Gasteiger charge is 2.29. The molecule has 0 fully saturated rings. The first-order valence-corrected chi connectivity index (χ1v) is 11.6. The summed E-state index contributed by atoms with van der Waals surface area (Å²) in [5.74, 6) is -2.31. The van der Waals surface area contributed by atoms with Gasteiger partial charge >= 0.3 is 11.9 Å². The van der Waals surface area contributed by atoms with Crippen LogP contribution in [0.15, 0.2) is 77.4 Å². The number of ether oxygens (including phenoxy) is 2. The minimum absolute atomic E-state index is 0.100. The van der Waals surface area contributed by atoms with Crippen molar-refractivity contribution < 1.29 is 38.9 Å². The second-order valence-electron chi connectivity index (χ2n) is 8.34. The van der Waals surface area contributed by atoms with Crippen LogP contribution < -0.4 is 19.8 Å². The van der Waals surface area contributed by atoms with Crippen LogP contribution in [-0.4, -0.2) is 53.4 Å². The molecule has 0 spiro atoms. The molecule has 3 aromatic carbocycles. The first-order chi connectivity index (χ1) is 18.7. The van der Waals surface area contributed by atoms with Crippen molar-refractivity contribution >= 4 is 46.9 Å². The van der Waals surface area contributed by atoms with Crippen molar-refractivity contribution in [3.8, 4) is 11.5 Å². The predicted octanol–water partition coefficient (Wildman–Crippen LogP) is 3.92. The number of carboxylic acids is 2. The van der Waals surface area contributed by atoms with E-state index in [1.165, 1.54) is 60.6 Å². The lowest BCUT2D eigenvalue weighted by atomic mass is 10.1. The number of nitrogens with zero attached hydrogens (tertiary/aromatic N) is 2. The van der Waals surface area contributed by atoms with E-state index in [9.17, 15) is 19.2 Å². The maximum atomic E-state index is 13.0. The number of hydrogen-bond donors (Lipinski definition) is 3. The summed E-state index contributed by atoms with van der Waals surface area (Å²) in [5.41, 5.74) is 2.52. The quantitative estimate of drug-likeness (QED) is 0.353. The number of methoxy groups -OCH3 is 1. The molecule has 3 N–H and O–H groups in total. The van der Waals surface area contributed by atoms with E-state index >= 15 is 0 Å². The van der Waals surface area contributed by atoms with Crippen molar-refractivity contribution in [3.05, 3.63) is 89.0 Å². The molecule has 1 heterocycles. The Morgan fingerprint density at radius 1 is 0.923 bits per heavy atom. The molecule has 1 aliphatic rings. The predicted molar refractivity (Wildman–Crippen MR) is 142 cm³/mol. The fourth-order valence-corrected chi connectivity index (χ4v) is 3.70. The molecule has 0 atom stereocenters. The fourth-order valence-electron chi connectivity index (χ4n) is 3.70. The van der Waals surface area contributed by atoms with Gasteiger partial charge in [0.2, 0.25) is 0 Å². The van der Waals surface area contributed by atoms with E-state index in [0.717, 1.165) is 0 Å². The smallest absolute Gasteiger partial charge is 0.335 e. The number of amides is 2. The molecule has 198 valence electrons. The minimum Gasteiger partial charge on any atom is -0.493 e. The summed E-state index contributed by atoms with van der Waals surface area (Å²) in [4.78, 5) is 47.4. The lowest BCUT2D eigenvalue weighted by Crippen LogP contribution is -2.21. The van der Waals surface area contributed by atoms with Crippen LogP contribution in [0.1, 0.15) is 33.2 Å². The van der Waals surface area contributed by atoms with Crippen LogP contribution in [0.25, 0.3) is 6.08 Å². The zero-order chi connectivity index (χ0) is 28.1. The number of benzene rings is 3. The number of carboxylic acid groups (broad SMARTS) is 2. The molecule has 0 radical (unpaired) electrons. The summed E-state index contributed by atoms with van der Waals surface area (Å²) in [5, 5.41) is 26.2. The van der Waals surface area contributed by atoms with Crippen LogP contribution in [0, 0.1) is 0 Å². The molecule has 0 aromatic heterocycles. The lowest BCUT2D eigenvalue weighted by molar-refractivity contribution is -0.118. The van der Waals surface area contributed by atoms with E-state index in [-0.39, 0.29) is 23.6 Å². The molecule has 0 unspecified atom stereocenters. The summed E-state index contributed by atoms with van der Waals surface area (Å²) < 4.78 is 11.0. The molecule has 39 heavy (non-hydrogen) atoms. The number of rotatable bonds is 9. The van der Waals surface area contributed by atoms with Crippen molar-refractivity contribution in [1.82, 2.24) is 0 Å². The Balaban J connectivity index is 1.43. The van der Waals surface area contributed by atoms with Crippen LogP contribution in [0.3, 0.4) is 0 Å². The first kappa shape index (κ1) is 26.6. The molecule has 4 rings (SSSR count). The van der Waals surface area contributed by atoms with Crippen LogP contribution >= 0.6 is 0 Å². The van der Waals surface area contributed by atoms with Crippen LogP contribution in [0.2, 0.25) is 0 Å². The molecular weight excluding hydrogens is 506 g/mol. The highest BCUT2D eigenvalue weighted by molar-refractivity contribution is 6.32. The van der Waals surface area contributed by atoms with Gasteiger partial charge in [0.05, 0.1) is 35.2 Å². The van der Waals surface area contributed by atoms with Gasteiger partial charge in [-0.15, -0.1) is 0 Å². The van der Waals surface area contributed by atoms with Gasteiger partial charge in [0, 0.05) is 5.69 Å². The molecule has 11 heteroatoms. The number of carbonyl (C=O) groups is 4. The fraction of sp³-hybridized carbons (Fsp3) is 0.107. The maximum Gasteiger partial charge on any atom is 0.335 e. The summed E-state index contributed by atoms with van der Waals surface area (Å²) in [6.07, 6.45) is 1.65. The third-order valence-electron chi connectivity index (χ3n) is 5.69. The molecule has 3 aromatic rings. The van der Waals surface area contributed by atoms with Gasteiger partial charge in [-0.25, -0.2) is 9.59 Å². The highest BCUT2D eigenvalue weighted by Crippen LogP contribution is 2.31. The molecular formula is C28H23N3O8. The second kappa shape index (κ2) is 11.3. The number of anilines is 2. The summed E-state index contributed by atoms with van der Waals surface area (Å²) in [6.45, 7) is 1.37. The van der Waals surface area contributed by atoms with E-state index in [1.54, 1.807) is 31.2 Å². The van der Waals surface area contributed by atoms with E-state index in [0.29, 0.717) is 39.7 Å². The average Bonchev–Trinajstić information content (AvgIpc) is 3.20. The first-order valence-electron chi connectivity index (χ1n) is 11.6. The number of nitrogens with one attached hydrogen (secondary N) is 1. The van der Waals surface area contributed by atoms with Gasteiger partial charge in [-0.1, -0.05) is 6.07 Å². The van der Waals surface area contributed by atoms with Gasteiger partial charge < -0.3 is 25.0 Å². The normalized spacial score (nSPS) is 13.7. The van der Waals surface area contributed by atoms with Crippen molar-refractivity contribution in [2.24, 2.45) is 5.10 Å². The standard InChI is InChI=1S/C28H23N3O8/c1-16-22(26(33)31(30-16)21-10-6-19(7-11-21)28(36)37)13-17-3-12-23(24(14-17)38-2)39-15-25(32)29-20-8-4-18(5-9-20)27(34)35/h3-14H,15H2,1-2H3,(H,29,32)(H,34,35)(H,36,37). The number of hydrogen-bond acceptors (Lipinski definition) is 7. The Bertz CT molecular complexity index is 1510. The van der Waals surface area contributed by atoms with Crippen LogP contribution in [0.4, 0.5) is 11.4 Å².